The molecule has 22 heavy (non-hydrogen) atoms. The molecular formula is C18H18N2OS. The van der Waals surface area contributed by atoms with Crippen LogP contribution in [0, 0.1) is 13.8 Å². The second-order valence-corrected chi connectivity index (χ2v) is 5.96. The van der Waals surface area contributed by atoms with E-state index in [0.29, 0.717) is 6.42 Å². The molecule has 0 saturated carbocycles. The molecule has 2 aromatic rings. The molecule has 1 N–H and O–H groups in total. The molecule has 0 radical (unpaired) electrons. The van der Waals surface area contributed by atoms with Crippen molar-refractivity contribution in [3.05, 3.63) is 53.1 Å². The maximum Gasteiger partial charge on any atom is 0.119 e. The van der Waals surface area contributed by atoms with Crippen molar-refractivity contribution >= 4 is 34.3 Å². The number of hydrogen-bond acceptors (Lipinski definition) is 3. The van der Waals surface area contributed by atoms with Gasteiger partial charge in [0.1, 0.15) is 5.75 Å². The molecule has 0 bridgehead atoms. The van der Waals surface area contributed by atoms with Gasteiger partial charge < -0.3 is 10.1 Å². The van der Waals surface area contributed by atoms with Crippen LogP contribution < -0.4 is 10.1 Å². The summed E-state index contributed by atoms with van der Waals surface area (Å²) in [5.41, 5.74) is 6.36. The van der Waals surface area contributed by atoms with Crippen LogP contribution in [0.1, 0.15) is 23.1 Å². The molecule has 1 heterocycles. The van der Waals surface area contributed by atoms with Gasteiger partial charge in [-0.1, -0.05) is 24.4 Å². The third-order valence-corrected chi connectivity index (χ3v) is 4.12. The van der Waals surface area contributed by atoms with E-state index in [9.17, 15) is 0 Å². The molecule has 0 aliphatic carbocycles. The summed E-state index contributed by atoms with van der Waals surface area (Å²) < 4.78 is 5.30. The van der Waals surface area contributed by atoms with E-state index in [2.05, 4.69) is 31.3 Å². The maximum absolute atomic E-state index is 5.46. The van der Waals surface area contributed by atoms with Crippen LogP contribution in [0.25, 0.3) is 0 Å². The summed E-state index contributed by atoms with van der Waals surface area (Å²) in [4.78, 5) is 5.63. The van der Waals surface area contributed by atoms with Crippen LogP contribution >= 0.6 is 12.2 Å². The normalized spacial score (nSPS) is 13.8. The summed E-state index contributed by atoms with van der Waals surface area (Å²) in [6, 6.07) is 12.1. The third kappa shape index (κ3) is 2.88. The van der Waals surface area contributed by atoms with Crippen molar-refractivity contribution in [2.75, 3.05) is 12.4 Å². The van der Waals surface area contributed by atoms with E-state index in [0.717, 1.165) is 33.4 Å². The lowest BCUT2D eigenvalue weighted by Gasteiger charge is -2.09. The highest BCUT2D eigenvalue weighted by molar-refractivity contribution is 7.80. The smallest absolute Gasteiger partial charge is 0.119 e. The largest absolute Gasteiger partial charge is 0.497 e. The van der Waals surface area contributed by atoms with Crippen LogP contribution in [0.3, 0.4) is 0 Å². The number of methoxy groups -OCH3 is 1. The molecule has 3 nitrogen and oxygen atoms in total. The molecule has 1 aliphatic heterocycles. The second kappa shape index (κ2) is 5.89. The molecule has 2 aromatic carbocycles. The number of fused-ring (bicyclic) bond motifs is 1. The molecule has 112 valence electrons. The highest BCUT2D eigenvalue weighted by Crippen LogP contribution is 2.32. The van der Waals surface area contributed by atoms with Gasteiger partial charge in [-0.15, -0.1) is 0 Å². The van der Waals surface area contributed by atoms with Crippen molar-refractivity contribution in [2.24, 2.45) is 4.99 Å². The Labute approximate surface area is 136 Å². The zero-order valence-electron chi connectivity index (χ0n) is 12.9. The summed E-state index contributed by atoms with van der Waals surface area (Å²) in [5.74, 6) is 0.823. The quantitative estimate of drug-likeness (QED) is 0.825. The first-order valence-corrected chi connectivity index (χ1v) is 7.61. The number of aliphatic imine (C=N–C) groups is 1. The molecule has 0 aromatic heterocycles. The van der Waals surface area contributed by atoms with Crippen molar-refractivity contribution in [1.82, 2.24) is 0 Å². The Morgan fingerprint density at radius 3 is 2.68 bits per heavy atom. The number of ether oxygens (including phenoxy) is 1. The maximum atomic E-state index is 5.46. The van der Waals surface area contributed by atoms with E-state index < -0.39 is 0 Å². The predicted molar refractivity (Wildman–Crippen MR) is 95.9 cm³/mol. The molecule has 3 rings (SSSR count). The molecule has 0 amide bonds. The first-order valence-electron chi connectivity index (χ1n) is 7.20. The van der Waals surface area contributed by atoms with E-state index in [1.54, 1.807) is 7.11 Å². The van der Waals surface area contributed by atoms with Gasteiger partial charge in [0.15, 0.2) is 0 Å². The Balaban J connectivity index is 2.12. The highest BCUT2D eigenvalue weighted by Gasteiger charge is 2.16. The molecule has 0 fully saturated rings. The zero-order chi connectivity index (χ0) is 15.7. The van der Waals surface area contributed by atoms with E-state index in [1.165, 1.54) is 11.1 Å². The lowest BCUT2D eigenvalue weighted by Crippen LogP contribution is -2.13. The van der Waals surface area contributed by atoms with Crippen LogP contribution in [0.2, 0.25) is 0 Å². The second-order valence-electron chi connectivity index (χ2n) is 5.47. The van der Waals surface area contributed by atoms with Crippen molar-refractivity contribution in [3.8, 4) is 5.75 Å². The minimum Gasteiger partial charge on any atom is -0.497 e. The van der Waals surface area contributed by atoms with Crippen LogP contribution in [0.15, 0.2) is 41.4 Å². The van der Waals surface area contributed by atoms with Gasteiger partial charge in [0.2, 0.25) is 0 Å². The van der Waals surface area contributed by atoms with Gasteiger partial charge >= 0.3 is 0 Å². The van der Waals surface area contributed by atoms with Gasteiger partial charge in [0, 0.05) is 12.0 Å². The van der Waals surface area contributed by atoms with Gasteiger partial charge in [-0.2, -0.15) is 0 Å². The Hall–Kier alpha value is -2.20. The Bertz CT molecular complexity index is 781. The molecule has 0 unspecified atom stereocenters. The number of anilines is 1. The average molecular weight is 310 g/mol. The number of rotatable bonds is 2. The lowest BCUT2D eigenvalue weighted by atomic mass is 10.1. The third-order valence-electron chi connectivity index (χ3n) is 3.87. The number of thiocarbonyl (C=S) groups is 1. The van der Waals surface area contributed by atoms with E-state index in [-0.39, 0.29) is 0 Å². The van der Waals surface area contributed by atoms with Gasteiger partial charge in [0.05, 0.1) is 29.2 Å². The van der Waals surface area contributed by atoms with Crippen LogP contribution in [0.4, 0.5) is 11.4 Å². The summed E-state index contributed by atoms with van der Waals surface area (Å²) in [6.07, 6.45) is 0.620. The van der Waals surface area contributed by atoms with Gasteiger partial charge in [-0.3, -0.25) is 4.99 Å². The summed E-state index contributed by atoms with van der Waals surface area (Å²) in [5, 5.41) is 3.30. The predicted octanol–water partition coefficient (Wildman–Crippen LogP) is 4.58. The summed E-state index contributed by atoms with van der Waals surface area (Å²) in [6.45, 7) is 4.19. The number of nitrogens with zero attached hydrogens (tertiary/aromatic N) is 1. The number of nitrogens with one attached hydrogen (secondary N) is 1. The Morgan fingerprint density at radius 2 is 1.91 bits per heavy atom. The van der Waals surface area contributed by atoms with Crippen LogP contribution in [0.5, 0.6) is 5.75 Å². The topological polar surface area (TPSA) is 33.6 Å². The molecule has 4 heteroatoms. The zero-order valence-corrected chi connectivity index (χ0v) is 13.8. The number of hydrogen-bond donors (Lipinski definition) is 1. The molecule has 0 spiro atoms. The fraction of sp³-hybridized carbons (Fsp3) is 0.222. The fourth-order valence-corrected chi connectivity index (χ4v) is 2.74. The monoisotopic (exact) mass is 310 g/mol. The van der Waals surface area contributed by atoms with Crippen molar-refractivity contribution in [2.45, 2.75) is 20.3 Å². The fourth-order valence-electron chi connectivity index (χ4n) is 2.49. The first-order chi connectivity index (χ1) is 10.6. The standard InChI is InChI=1S/C18H18N2OS/c1-11-7-16-17(8-12(11)2)20-18(22)10-15(19-16)13-5-4-6-14(9-13)21-3/h4-9H,10H2,1-3H3,(H,20,22). The Morgan fingerprint density at radius 1 is 1.14 bits per heavy atom. The molecule has 0 atom stereocenters. The SMILES string of the molecule is COc1cccc(C2=Nc3cc(C)c(C)cc3NC(=S)C2)c1. The number of benzene rings is 2. The lowest BCUT2D eigenvalue weighted by molar-refractivity contribution is 0.414. The summed E-state index contributed by atoms with van der Waals surface area (Å²) in [7, 11) is 1.67. The van der Waals surface area contributed by atoms with Gasteiger partial charge in [-0.25, -0.2) is 0 Å². The Kier molecular flexibility index (Phi) is 3.94. The molecule has 1 aliphatic rings. The van der Waals surface area contributed by atoms with Crippen molar-refractivity contribution < 1.29 is 4.74 Å². The molecule has 0 saturated heterocycles. The van der Waals surface area contributed by atoms with E-state index >= 15 is 0 Å². The van der Waals surface area contributed by atoms with Crippen molar-refractivity contribution in [3.63, 3.8) is 0 Å². The number of aryl methyl sites for hydroxylation is 2. The first kappa shape index (κ1) is 14.7. The van der Waals surface area contributed by atoms with Crippen molar-refractivity contribution in [1.29, 1.82) is 0 Å². The van der Waals surface area contributed by atoms with Gasteiger partial charge in [-0.05, 0) is 49.2 Å². The van der Waals surface area contributed by atoms with Crippen LogP contribution in [-0.4, -0.2) is 17.8 Å². The highest BCUT2D eigenvalue weighted by atomic mass is 32.1. The summed E-state index contributed by atoms with van der Waals surface area (Å²) >= 11 is 5.46. The van der Waals surface area contributed by atoms with E-state index in [4.69, 9.17) is 21.9 Å². The van der Waals surface area contributed by atoms with Crippen LogP contribution in [-0.2, 0) is 0 Å². The minimum atomic E-state index is 0.620. The molecular weight excluding hydrogens is 292 g/mol. The van der Waals surface area contributed by atoms with Gasteiger partial charge in [0.25, 0.3) is 0 Å². The van der Waals surface area contributed by atoms with E-state index in [1.807, 2.05) is 24.3 Å². The minimum absolute atomic E-state index is 0.620. The average Bonchev–Trinajstić information content (AvgIpc) is 2.66.